The minimum Gasteiger partial charge on any atom is -0.375 e. The van der Waals surface area contributed by atoms with E-state index in [4.69, 9.17) is 5.73 Å². The lowest BCUT2D eigenvalue weighted by molar-refractivity contribution is -0.138. The first-order valence-electron chi connectivity index (χ1n) is 5.33. The Hall–Kier alpha value is -1.10. The van der Waals surface area contributed by atoms with Gasteiger partial charge in [-0.15, -0.1) is 0 Å². The van der Waals surface area contributed by atoms with Gasteiger partial charge in [-0.25, -0.2) is 9.59 Å². The van der Waals surface area contributed by atoms with E-state index in [0.29, 0.717) is 6.54 Å². The van der Waals surface area contributed by atoms with Gasteiger partial charge < -0.3 is 15.8 Å². The number of ether oxygens (including phenoxy) is 1. The molecule has 0 fully saturated rings. The molecule has 0 aliphatic rings. The van der Waals surface area contributed by atoms with Crippen molar-refractivity contribution in [3.63, 3.8) is 0 Å². The molecule has 1 amide bonds. The number of esters is 1. The predicted molar refractivity (Wildman–Crippen MR) is 57.3 cm³/mol. The molecule has 0 aliphatic heterocycles. The number of alkyl carbamates (subject to hydrolysis) is 1. The summed E-state index contributed by atoms with van der Waals surface area (Å²) in [6.45, 7) is 4.12. The molecule has 88 valence electrons. The zero-order chi connectivity index (χ0) is 11.7. The molecular weight excluding hydrogens is 196 g/mol. The summed E-state index contributed by atoms with van der Waals surface area (Å²) in [4.78, 5) is 21.9. The van der Waals surface area contributed by atoms with Crippen LogP contribution in [0.4, 0.5) is 4.79 Å². The smallest absolute Gasteiger partial charge is 0.375 e. The number of carbonyl (C=O) groups is 2. The Morgan fingerprint density at radius 1 is 1.33 bits per heavy atom. The summed E-state index contributed by atoms with van der Waals surface area (Å²) in [5.41, 5.74) is 5.22. The maximum Gasteiger partial charge on any atom is 0.414 e. The molecular formula is C10H20N2O3. The lowest BCUT2D eigenvalue weighted by Crippen LogP contribution is -2.35. The summed E-state index contributed by atoms with van der Waals surface area (Å²) in [5, 5.41) is 2.49. The number of nitrogens with one attached hydrogen (secondary N) is 1. The second-order valence-electron chi connectivity index (χ2n) is 3.48. The minimum atomic E-state index is -0.768. The monoisotopic (exact) mass is 216 g/mol. The van der Waals surface area contributed by atoms with E-state index in [0.717, 1.165) is 25.7 Å². The molecule has 0 bridgehead atoms. The lowest BCUT2D eigenvalue weighted by atomic mass is 10.2. The van der Waals surface area contributed by atoms with E-state index in [1.54, 1.807) is 0 Å². The summed E-state index contributed by atoms with van der Waals surface area (Å²) < 4.78 is 4.40. The summed E-state index contributed by atoms with van der Waals surface area (Å²) in [6.07, 6.45) is 3.55. The van der Waals surface area contributed by atoms with E-state index in [9.17, 15) is 9.59 Å². The van der Waals surface area contributed by atoms with Crippen LogP contribution in [0.2, 0.25) is 0 Å². The van der Waals surface area contributed by atoms with Gasteiger partial charge in [0, 0.05) is 6.54 Å². The quantitative estimate of drug-likeness (QED) is 0.396. The number of amides is 1. The van der Waals surface area contributed by atoms with Crippen LogP contribution in [-0.4, -0.2) is 24.6 Å². The van der Waals surface area contributed by atoms with Gasteiger partial charge >= 0.3 is 12.1 Å². The van der Waals surface area contributed by atoms with Crippen molar-refractivity contribution in [2.75, 3.05) is 6.54 Å². The topological polar surface area (TPSA) is 81.4 Å². The Balaban J connectivity index is 3.45. The Bertz CT molecular complexity index is 205. The Morgan fingerprint density at radius 2 is 2.00 bits per heavy atom. The van der Waals surface area contributed by atoms with Gasteiger partial charge in [-0.05, 0) is 13.3 Å². The summed E-state index contributed by atoms with van der Waals surface area (Å²) >= 11 is 0. The van der Waals surface area contributed by atoms with E-state index >= 15 is 0 Å². The molecule has 3 N–H and O–H groups in total. The molecule has 0 unspecified atom stereocenters. The molecule has 0 aliphatic carbocycles. The third kappa shape index (κ3) is 7.93. The van der Waals surface area contributed by atoms with Gasteiger partial charge in [-0.2, -0.15) is 0 Å². The van der Waals surface area contributed by atoms with Gasteiger partial charge in [0.2, 0.25) is 0 Å². The van der Waals surface area contributed by atoms with Gasteiger partial charge in [0.15, 0.2) is 0 Å². The molecule has 0 saturated carbocycles. The van der Waals surface area contributed by atoms with E-state index in [-0.39, 0.29) is 0 Å². The zero-order valence-corrected chi connectivity index (χ0v) is 9.41. The number of unbranched alkanes of at least 4 members (excludes halogenated alkanes) is 3. The Morgan fingerprint density at radius 3 is 2.53 bits per heavy atom. The highest BCUT2D eigenvalue weighted by Gasteiger charge is 2.13. The fourth-order valence-corrected chi connectivity index (χ4v) is 0.963. The van der Waals surface area contributed by atoms with Crippen LogP contribution in [-0.2, 0) is 9.53 Å². The highest BCUT2D eigenvalue weighted by atomic mass is 16.6. The second kappa shape index (κ2) is 8.23. The van der Waals surface area contributed by atoms with Gasteiger partial charge in [0.05, 0.1) is 0 Å². The van der Waals surface area contributed by atoms with Crippen molar-refractivity contribution in [2.45, 2.75) is 45.6 Å². The Kier molecular flexibility index (Phi) is 7.62. The molecule has 5 nitrogen and oxygen atoms in total. The zero-order valence-electron chi connectivity index (χ0n) is 9.41. The number of nitrogens with two attached hydrogens (primary N) is 1. The maximum absolute atomic E-state index is 11.0. The van der Waals surface area contributed by atoms with Crippen LogP contribution in [0.5, 0.6) is 0 Å². The molecule has 0 saturated heterocycles. The third-order valence-corrected chi connectivity index (χ3v) is 1.86. The van der Waals surface area contributed by atoms with Crippen molar-refractivity contribution < 1.29 is 14.3 Å². The molecule has 5 heteroatoms. The molecule has 0 radical (unpaired) electrons. The van der Waals surface area contributed by atoms with Gasteiger partial charge in [0.25, 0.3) is 0 Å². The first-order chi connectivity index (χ1) is 7.07. The fourth-order valence-electron chi connectivity index (χ4n) is 0.963. The van der Waals surface area contributed by atoms with E-state index < -0.39 is 18.1 Å². The van der Waals surface area contributed by atoms with Crippen molar-refractivity contribution in [1.82, 2.24) is 5.32 Å². The standard InChI is InChI=1S/C10H20N2O3/c1-3-4-5-6-7-12-10(14)15-9(13)8(2)11/h8H,3-7,11H2,1-2H3,(H,12,14)/t8-/m0/s1. The summed E-state index contributed by atoms with van der Waals surface area (Å²) in [7, 11) is 0. The first kappa shape index (κ1) is 13.9. The average Bonchev–Trinajstić information content (AvgIpc) is 2.17. The fraction of sp³-hybridized carbons (Fsp3) is 0.800. The first-order valence-corrected chi connectivity index (χ1v) is 5.33. The van der Waals surface area contributed by atoms with Crippen LogP contribution in [0.15, 0.2) is 0 Å². The molecule has 15 heavy (non-hydrogen) atoms. The minimum absolute atomic E-state index is 0.533. The molecule has 0 heterocycles. The summed E-state index contributed by atoms with van der Waals surface area (Å²) in [6, 6.07) is -0.768. The van der Waals surface area contributed by atoms with E-state index in [2.05, 4.69) is 17.0 Å². The number of rotatable bonds is 6. The molecule has 0 aromatic heterocycles. The normalized spacial score (nSPS) is 11.9. The summed E-state index contributed by atoms with van der Waals surface area (Å²) in [5.74, 6) is -0.707. The number of hydrogen-bond donors (Lipinski definition) is 2. The highest BCUT2D eigenvalue weighted by molar-refractivity contribution is 5.87. The van der Waals surface area contributed by atoms with Crippen LogP contribution in [0.25, 0.3) is 0 Å². The van der Waals surface area contributed by atoms with Crippen molar-refractivity contribution in [2.24, 2.45) is 5.73 Å². The molecule has 0 spiro atoms. The molecule has 1 atom stereocenters. The van der Waals surface area contributed by atoms with Crippen molar-refractivity contribution in [3.8, 4) is 0 Å². The van der Waals surface area contributed by atoms with Gasteiger partial charge in [-0.1, -0.05) is 26.2 Å². The molecule has 0 aromatic carbocycles. The highest BCUT2D eigenvalue weighted by Crippen LogP contribution is 1.97. The van der Waals surface area contributed by atoms with Crippen LogP contribution >= 0.6 is 0 Å². The van der Waals surface area contributed by atoms with Crippen molar-refractivity contribution >= 4 is 12.1 Å². The predicted octanol–water partition coefficient (Wildman–Crippen LogP) is 1.17. The van der Waals surface area contributed by atoms with Crippen LogP contribution < -0.4 is 11.1 Å². The van der Waals surface area contributed by atoms with Crippen molar-refractivity contribution in [3.05, 3.63) is 0 Å². The van der Waals surface area contributed by atoms with Crippen LogP contribution in [0, 0.1) is 0 Å². The SMILES string of the molecule is CCCCCCNC(=O)OC(=O)[C@H](C)N. The number of carbonyl (C=O) groups excluding carboxylic acids is 2. The lowest BCUT2D eigenvalue weighted by Gasteiger charge is -2.06. The average molecular weight is 216 g/mol. The van der Waals surface area contributed by atoms with Crippen LogP contribution in [0.1, 0.15) is 39.5 Å². The van der Waals surface area contributed by atoms with Gasteiger partial charge in [-0.3, -0.25) is 0 Å². The maximum atomic E-state index is 11.0. The van der Waals surface area contributed by atoms with E-state index in [1.807, 2.05) is 0 Å². The van der Waals surface area contributed by atoms with E-state index in [1.165, 1.54) is 6.92 Å². The number of hydrogen-bond acceptors (Lipinski definition) is 4. The third-order valence-electron chi connectivity index (χ3n) is 1.86. The second-order valence-corrected chi connectivity index (χ2v) is 3.48. The Labute approximate surface area is 90.4 Å². The molecule has 0 rings (SSSR count). The largest absolute Gasteiger partial charge is 0.414 e. The molecule has 0 aromatic rings. The van der Waals surface area contributed by atoms with Crippen LogP contribution in [0.3, 0.4) is 0 Å². The van der Waals surface area contributed by atoms with Crippen molar-refractivity contribution in [1.29, 1.82) is 0 Å². The van der Waals surface area contributed by atoms with Gasteiger partial charge in [0.1, 0.15) is 6.04 Å².